The highest BCUT2D eigenvalue weighted by atomic mass is 15.1. The van der Waals surface area contributed by atoms with Crippen LogP contribution in [0.25, 0.3) is 0 Å². The van der Waals surface area contributed by atoms with Gasteiger partial charge in [0.15, 0.2) is 0 Å². The van der Waals surface area contributed by atoms with E-state index in [1.54, 1.807) is 0 Å². The molecule has 0 spiro atoms. The van der Waals surface area contributed by atoms with E-state index in [1.165, 1.54) is 173 Å². The fourth-order valence-electron chi connectivity index (χ4n) is 6.71. The molecule has 1 aromatic carbocycles. The van der Waals surface area contributed by atoms with E-state index in [2.05, 4.69) is 66.3 Å². The van der Waals surface area contributed by atoms with Crippen molar-refractivity contribution in [2.24, 2.45) is 5.92 Å². The number of hydrogen-bond acceptors (Lipinski definition) is 1. The number of benzene rings is 1. The third kappa shape index (κ3) is 18.6. The molecule has 0 aliphatic carbocycles. The molecule has 0 saturated heterocycles. The molecule has 2 aromatic rings. The van der Waals surface area contributed by atoms with Crippen molar-refractivity contribution < 1.29 is 0 Å². The van der Waals surface area contributed by atoms with Crippen molar-refractivity contribution in [3.05, 3.63) is 54.6 Å². The normalized spacial score (nSPS) is 13.0. The molecule has 0 bridgehead atoms. The summed E-state index contributed by atoms with van der Waals surface area (Å²) < 4.78 is 2.45. The molecule has 1 heterocycles. The van der Waals surface area contributed by atoms with Crippen LogP contribution in [0.1, 0.15) is 186 Å². The molecule has 2 unspecified atom stereocenters. The first-order valence-corrected chi connectivity index (χ1v) is 18.4. The Hall–Kier alpha value is -1.57. The summed E-state index contributed by atoms with van der Waals surface area (Å²) in [7, 11) is 0. The molecular weight excluding hydrogens is 496 g/mol. The third-order valence-corrected chi connectivity index (χ3v) is 9.32. The highest BCUT2D eigenvalue weighted by Crippen LogP contribution is 2.32. The molecule has 0 aliphatic heterocycles. The number of hydrogen-bond donors (Lipinski definition) is 0. The Morgan fingerprint density at radius 2 is 0.976 bits per heavy atom. The Bertz CT molecular complexity index is 768. The van der Waals surface area contributed by atoms with Gasteiger partial charge in [-0.15, -0.1) is 0 Å². The van der Waals surface area contributed by atoms with E-state index in [4.69, 9.17) is 0 Å². The van der Waals surface area contributed by atoms with Crippen molar-refractivity contribution in [3.8, 4) is 0 Å². The Morgan fingerprint density at radius 3 is 1.41 bits per heavy atom. The second-order valence-electron chi connectivity index (χ2n) is 13.0. The maximum absolute atomic E-state index is 4.47. The highest BCUT2D eigenvalue weighted by molar-refractivity contribution is 5.15. The van der Waals surface area contributed by atoms with Crippen molar-refractivity contribution in [2.75, 3.05) is 0 Å². The summed E-state index contributed by atoms with van der Waals surface area (Å²) in [6, 6.07) is 11.8. The van der Waals surface area contributed by atoms with Crippen LogP contribution < -0.4 is 0 Å². The van der Waals surface area contributed by atoms with Crippen molar-refractivity contribution in [2.45, 2.75) is 187 Å². The molecule has 2 heteroatoms. The van der Waals surface area contributed by atoms with Crippen molar-refractivity contribution in [3.63, 3.8) is 0 Å². The second-order valence-corrected chi connectivity index (χ2v) is 13.0. The smallest absolute Gasteiger partial charge is 0.0948 e. The Morgan fingerprint density at radius 1 is 0.537 bits per heavy atom. The Balaban J connectivity index is 1.73. The molecule has 234 valence electrons. The molecule has 0 fully saturated rings. The van der Waals surface area contributed by atoms with E-state index >= 15 is 0 Å². The first kappa shape index (κ1) is 35.6. The van der Waals surface area contributed by atoms with Gasteiger partial charge in [0.2, 0.25) is 0 Å². The topological polar surface area (TPSA) is 17.8 Å². The van der Waals surface area contributed by atoms with E-state index < -0.39 is 0 Å². The van der Waals surface area contributed by atoms with Gasteiger partial charge in [-0.2, -0.15) is 0 Å². The molecule has 41 heavy (non-hydrogen) atoms. The molecule has 0 saturated carbocycles. The van der Waals surface area contributed by atoms with Crippen LogP contribution in [0.5, 0.6) is 0 Å². The van der Waals surface area contributed by atoms with E-state index in [1.807, 2.05) is 6.20 Å². The molecule has 0 N–H and O–H groups in total. The maximum atomic E-state index is 4.47. The molecule has 0 aliphatic rings. The summed E-state index contributed by atoms with van der Waals surface area (Å²) in [6.07, 6.45) is 42.8. The largest absolute Gasteiger partial charge is 0.334 e. The first-order chi connectivity index (χ1) is 20.3. The predicted molar refractivity (Wildman–Crippen MR) is 182 cm³/mol. The molecule has 2 atom stereocenters. The van der Waals surface area contributed by atoms with Crippen LogP contribution in [0.4, 0.5) is 0 Å². The van der Waals surface area contributed by atoms with Gasteiger partial charge in [0.05, 0.1) is 6.33 Å². The van der Waals surface area contributed by atoms with Gasteiger partial charge < -0.3 is 4.57 Å². The monoisotopic (exact) mass is 565 g/mol. The molecular formula is C39H68N2. The Labute approximate surface area is 256 Å². The standard InChI is InChI=1S/C39H68N2/c1-3-5-7-9-11-13-15-17-19-21-23-28-32-39(41-34-33-40-36-41)38(35-37-29-25-24-26-30-37)31-27-22-20-18-16-14-12-10-8-6-4-2/h24-26,29-30,33-34,36,38-39H,3-23,27-28,31-32,35H2,1-2H3. The zero-order valence-electron chi connectivity index (χ0n) is 27.6. The van der Waals surface area contributed by atoms with Crippen LogP contribution in [0.3, 0.4) is 0 Å². The lowest BCUT2D eigenvalue weighted by Crippen LogP contribution is -2.21. The van der Waals surface area contributed by atoms with Crippen LogP contribution in [0.2, 0.25) is 0 Å². The fraction of sp³-hybridized carbons (Fsp3) is 0.769. The molecule has 0 amide bonds. The molecule has 2 nitrogen and oxygen atoms in total. The van der Waals surface area contributed by atoms with Gasteiger partial charge in [-0.1, -0.05) is 192 Å². The summed E-state index contributed by atoms with van der Waals surface area (Å²) in [5.74, 6) is 0.692. The van der Waals surface area contributed by atoms with Crippen LogP contribution in [-0.4, -0.2) is 9.55 Å². The zero-order chi connectivity index (χ0) is 29.1. The van der Waals surface area contributed by atoms with E-state index in [9.17, 15) is 0 Å². The van der Waals surface area contributed by atoms with Crippen LogP contribution >= 0.6 is 0 Å². The summed E-state index contributed by atoms with van der Waals surface area (Å²) in [5.41, 5.74) is 1.50. The van der Waals surface area contributed by atoms with E-state index in [-0.39, 0.29) is 0 Å². The quantitative estimate of drug-likeness (QED) is 0.0898. The molecule has 1 aromatic heterocycles. The minimum absolute atomic E-state index is 0.573. The number of nitrogens with zero attached hydrogens (tertiary/aromatic N) is 2. The molecule has 0 radical (unpaired) electrons. The number of rotatable bonds is 29. The van der Waals surface area contributed by atoms with Crippen LogP contribution in [-0.2, 0) is 6.42 Å². The first-order valence-electron chi connectivity index (χ1n) is 18.4. The minimum atomic E-state index is 0.573. The SMILES string of the molecule is CCCCCCCCCCCCCCC(C(CCCCCCCCCCCCC)Cc1ccccc1)n1ccnc1. The van der Waals surface area contributed by atoms with Gasteiger partial charge in [-0.05, 0) is 30.7 Å². The number of aromatic nitrogens is 2. The lowest BCUT2D eigenvalue weighted by atomic mass is 9.84. The van der Waals surface area contributed by atoms with Crippen LogP contribution in [0.15, 0.2) is 49.1 Å². The van der Waals surface area contributed by atoms with Gasteiger partial charge in [0, 0.05) is 18.4 Å². The number of unbranched alkanes of at least 4 members (excludes halogenated alkanes) is 21. The van der Waals surface area contributed by atoms with Gasteiger partial charge in [-0.3, -0.25) is 0 Å². The third-order valence-electron chi connectivity index (χ3n) is 9.32. The van der Waals surface area contributed by atoms with E-state index in [0.717, 1.165) is 0 Å². The van der Waals surface area contributed by atoms with Gasteiger partial charge in [0.1, 0.15) is 0 Å². The van der Waals surface area contributed by atoms with Gasteiger partial charge in [0.25, 0.3) is 0 Å². The second kappa shape index (κ2) is 26.1. The summed E-state index contributed by atoms with van der Waals surface area (Å²) in [5, 5.41) is 0. The number of imidazole rings is 1. The van der Waals surface area contributed by atoms with Crippen molar-refractivity contribution in [1.82, 2.24) is 9.55 Å². The minimum Gasteiger partial charge on any atom is -0.334 e. The van der Waals surface area contributed by atoms with E-state index in [0.29, 0.717) is 12.0 Å². The van der Waals surface area contributed by atoms with Crippen LogP contribution in [0, 0.1) is 5.92 Å². The van der Waals surface area contributed by atoms with Gasteiger partial charge in [-0.25, -0.2) is 4.98 Å². The lowest BCUT2D eigenvalue weighted by molar-refractivity contribution is 0.275. The Kier molecular flexibility index (Phi) is 22.7. The predicted octanol–water partition coefficient (Wildman–Crippen LogP) is 13.1. The fourth-order valence-corrected chi connectivity index (χ4v) is 6.71. The summed E-state index contributed by atoms with van der Waals surface area (Å²) >= 11 is 0. The summed E-state index contributed by atoms with van der Waals surface area (Å²) in [4.78, 5) is 4.47. The zero-order valence-corrected chi connectivity index (χ0v) is 27.6. The average molecular weight is 565 g/mol. The van der Waals surface area contributed by atoms with Gasteiger partial charge >= 0.3 is 0 Å². The molecule has 2 rings (SSSR count). The summed E-state index contributed by atoms with van der Waals surface area (Å²) in [6.45, 7) is 4.61. The highest BCUT2D eigenvalue weighted by Gasteiger charge is 2.23. The van der Waals surface area contributed by atoms with Crippen molar-refractivity contribution in [1.29, 1.82) is 0 Å². The maximum Gasteiger partial charge on any atom is 0.0948 e. The van der Waals surface area contributed by atoms with Crippen molar-refractivity contribution >= 4 is 0 Å². The lowest BCUT2D eigenvalue weighted by Gasteiger charge is -2.29. The average Bonchev–Trinajstić information content (AvgIpc) is 3.53.